The lowest BCUT2D eigenvalue weighted by Crippen LogP contribution is -2.53. The first kappa shape index (κ1) is 20.2. The molecule has 30 heavy (non-hydrogen) atoms. The number of hydrogen-bond donors (Lipinski definition) is 1. The highest BCUT2D eigenvalue weighted by atomic mass is 16.5. The zero-order valence-electron chi connectivity index (χ0n) is 17.4. The maximum absolute atomic E-state index is 5.82. The average Bonchev–Trinajstić information content (AvgIpc) is 3.21. The lowest BCUT2D eigenvalue weighted by Gasteiger charge is -2.36. The molecule has 4 rings (SSSR count). The van der Waals surface area contributed by atoms with E-state index in [0.29, 0.717) is 6.61 Å². The highest BCUT2D eigenvalue weighted by Gasteiger charge is 2.19. The second-order valence-corrected chi connectivity index (χ2v) is 7.26. The smallest absolute Gasteiger partial charge is 0.193 e. The standard InChI is InChI=1S/C22H29N7O/c1-23-22(24-11-10-21-26-25-20-9-5-6-12-29(20)21)28-15-13-27(14-16-28)17-18-30-19-7-3-2-4-8-19/h2-9,12H,10-11,13-18H2,1H3,(H,23,24). The molecule has 0 aliphatic carbocycles. The van der Waals surface area contributed by atoms with Crippen LogP contribution in [0.5, 0.6) is 5.75 Å². The van der Waals surface area contributed by atoms with Gasteiger partial charge in [0.05, 0.1) is 0 Å². The van der Waals surface area contributed by atoms with Gasteiger partial charge in [0.2, 0.25) is 0 Å². The fourth-order valence-corrected chi connectivity index (χ4v) is 3.67. The fraction of sp³-hybridized carbons (Fsp3) is 0.409. The van der Waals surface area contributed by atoms with Crippen LogP contribution in [0.1, 0.15) is 5.82 Å². The van der Waals surface area contributed by atoms with E-state index in [0.717, 1.165) is 68.9 Å². The van der Waals surface area contributed by atoms with Crippen LogP contribution in [-0.2, 0) is 6.42 Å². The number of pyridine rings is 1. The Morgan fingerprint density at radius 3 is 2.63 bits per heavy atom. The molecule has 8 heteroatoms. The molecule has 1 saturated heterocycles. The topological polar surface area (TPSA) is 70.3 Å². The summed E-state index contributed by atoms with van der Waals surface area (Å²) in [4.78, 5) is 9.22. The third-order valence-electron chi connectivity index (χ3n) is 5.32. The molecule has 0 spiro atoms. The van der Waals surface area contributed by atoms with Crippen LogP contribution in [0, 0.1) is 0 Å². The quantitative estimate of drug-likeness (QED) is 0.473. The third kappa shape index (κ3) is 5.07. The van der Waals surface area contributed by atoms with Crippen molar-refractivity contribution in [1.82, 2.24) is 29.7 Å². The lowest BCUT2D eigenvalue weighted by molar-refractivity contribution is 0.152. The van der Waals surface area contributed by atoms with Gasteiger partial charge in [0.1, 0.15) is 18.2 Å². The Labute approximate surface area is 177 Å². The Kier molecular flexibility index (Phi) is 6.76. The Bertz CT molecular complexity index is 948. The molecule has 0 bridgehead atoms. The molecule has 1 aromatic carbocycles. The third-order valence-corrected chi connectivity index (χ3v) is 5.32. The van der Waals surface area contributed by atoms with Crippen molar-refractivity contribution in [3.63, 3.8) is 0 Å². The van der Waals surface area contributed by atoms with Gasteiger partial charge in [0.25, 0.3) is 0 Å². The Morgan fingerprint density at radius 2 is 1.83 bits per heavy atom. The maximum Gasteiger partial charge on any atom is 0.193 e. The van der Waals surface area contributed by atoms with Crippen molar-refractivity contribution in [3.8, 4) is 5.75 Å². The molecule has 2 aromatic heterocycles. The van der Waals surface area contributed by atoms with E-state index in [9.17, 15) is 0 Å². The number of fused-ring (bicyclic) bond motifs is 1. The number of ether oxygens (including phenoxy) is 1. The Hall–Kier alpha value is -3.13. The first-order valence-electron chi connectivity index (χ1n) is 10.5. The summed E-state index contributed by atoms with van der Waals surface area (Å²) in [6, 6.07) is 15.9. The van der Waals surface area contributed by atoms with E-state index in [1.165, 1.54) is 0 Å². The van der Waals surface area contributed by atoms with Gasteiger partial charge in [-0.05, 0) is 24.3 Å². The molecule has 3 heterocycles. The maximum atomic E-state index is 5.82. The predicted octanol–water partition coefficient (Wildman–Crippen LogP) is 1.54. The summed E-state index contributed by atoms with van der Waals surface area (Å²) < 4.78 is 7.85. The van der Waals surface area contributed by atoms with Crippen LogP contribution in [-0.4, -0.2) is 83.3 Å². The van der Waals surface area contributed by atoms with Gasteiger partial charge in [-0.15, -0.1) is 10.2 Å². The monoisotopic (exact) mass is 407 g/mol. The van der Waals surface area contributed by atoms with Crippen LogP contribution in [0.25, 0.3) is 5.65 Å². The molecule has 1 fully saturated rings. The van der Waals surface area contributed by atoms with Crippen molar-refractivity contribution >= 4 is 11.6 Å². The second kappa shape index (κ2) is 10.1. The highest BCUT2D eigenvalue weighted by molar-refractivity contribution is 5.80. The molecule has 3 aromatic rings. The van der Waals surface area contributed by atoms with Gasteiger partial charge in [-0.1, -0.05) is 24.3 Å². The second-order valence-electron chi connectivity index (χ2n) is 7.26. The summed E-state index contributed by atoms with van der Waals surface area (Å²) in [5.74, 6) is 2.84. The average molecular weight is 408 g/mol. The first-order valence-corrected chi connectivity index (χ1v) is 10.5. The van der Waals surface area contributed by atoms with Crippen molar-refractivity contribution in [2.75, 3.05) is 52.9 Å². The molecule has 0 atom stereocenters. The zero-order valence-corrected chi connectivity index (χ0v) is 17.4. The minimum atomic E-state index is 0.712. The lowest BCUT2D eigenvalue weighted by atomic mass is 10.3. The number of piperazine rings is 1. The van der Waals surface area contributed by atoms with Crippen LogP contribution in [0.15, 0.2) is 59.7 Å². The van der Waals surface area contributed by atoms with E-state index in [1.54, 1.807) is 0 Å². The molecule has 1 aliphatic heterocycles. The van der Waals surface area contributed by atoms with Crippen molar-refractivity contribution in [2.24, 2.45) is 4.99 Å². The largest absolute Gasteiger partial charge is 0.492 e. The van der Waals surface area contributed by atoms with Crippen molar-refractivity contribution < 1.29 is 4.74 Å². The van der Waals surface area contributed by atoms with Gasteiger partial charge in [-0.2, -0.15) is 0 Å². The summed E-state index contributed by atoms with van der Waals surface area (Å²) in [6.45, 7) is 6.35. The Morgan fingerprint density at radius 1 is 1.03 bits per heavy atom. The van der Waals surface area contributed by atoms with Gasteiger partial charge >= 0.3 is 0 Å². The fourth-order valence-electron chi connectivity index (χ4n) is 3.67. The summed E-state index contributed by atoms with van der Waals surface area (Å²) in [7, 11) is 1.84. The normalized spacial score (nSPS) is 15.5. The number of aliphatic imine (C=N–C) groups is 1. The zero-order chi connectivity index (χ0) is 20.6. The molecule has 1 N–H and O–H groups in total. The van der Waals surface area contributed by atoms with Gasteiger partial charge < -0.3 is 15.0 Å². The van der Waals surface area contributed by atoms with Gasteiger partial charge in [0.15, 0.2) is 11.6 Å². The SMILES string of the molecule is CN=C(NCCc1nnc2ccccn12)N1CCN(CCOc2ccccc2)CC1. The molecule has 1 aliphatic rings. The van der Waals surface area contributed by atoms with Gasteiger partial charge in [-0.25, -0.2) is 0 Å². The minimum absolute atomic E-state index is 0.712. The molecular formula is C22H29N7O. The van der Waals surface area contributed by atoms with E-state index >= 15 is 0 Å². The molecule has 158 valence electrons. The Balaban J connectivity index is 1.18. The number of nitrogens with one attached hydrogen (secondary N) is 1. The number of benzene rings is 1. The van der Waals surface area contributed by atoms with Crippen molar-refractivity contribution in [1.29, 1.82) is 0 Å². The van der Waals surface area contributed by atoms with E-state index in [1.807, 2.05) is 66.2 Å². The number of aromatic nitrogens is 3. The van der Waals surface area contributed by atoms with Crippen LogP contribution >= 0.6 is 0 Å². The van der Waals surface area contributed by atoms with Gasteiger partial charge in [0, 0.05) is 58.9 Å². The number of para-hydroxylation sites is 1. The number of nitrogens with zero attached hydrogens (tertiary/aromatic N) is 6. The summed E-state index contributed by atoms with van der Waals surface area (Å²) in [5.41, 5.74) is 0.879. The van der Waals surface area contributed by atoms with Crippen LogP contribution in [0.3, 0.4) is 0 Å². The molecule has 0 radical (unpaired) electrons. The van der Waals surface area contributed by atoms with Crippen LogP contribution < -0.4 is 10.1 Å². The highest BCUT2D eigenvalue weighted by Crippen LogP contribution is 2.09. The van der Waals surface area contributed by atoms with Crippen LogP contribution in [0.2, 0.25) is 0 Å². The van der Waals surface area contributed by atoms with E-state index in [4.69, 9.17) is 4.74 Å². The van der Waals surface area contributed by atoms with E-state index < -0.39 is 0 Å². The number of rotatable bonds is 7. The van der Waals surface area contributed by atoms with Crippen LogP contribution in [0.4, 0.5) is 0 Å². The molecule has 0 unspecified atom stereocenters. The predicted molar refractivity (Wildman–Crippen MR) is 118 cm³/mol. The molecule has 0 amide bonds. The molecule has 0 saturated carbocycles. The van der Waals surface area contributed by atoms with E-state index in [2.05, 4.69) is 30.3 Å². The van der Waals surface area contributed by atoms with Crippen molar-refractivity contribution in [3.05, 3.63) is 60.6 Å². The first-order chi connectivity index (χ1) is 14.8. The van der Waals surface area contributed by atoms with Crippen molar-refractivity contribution in [2.45, 2.75) is 6.42 Å². The summed E-state index contributed by atoms with van der Waals surface area (Å²) in [5, 5.41) is 12.0. The van der Waals surface area contributed by atoms with E-state index in [-0.39, 0.29) is 0 Å². The summed E-state index contributed by atoms with van der Waals surface area (Å²) in [6.07, 6.45) is 2.79. The minimum Gasteiger partial charge on any atom is -0.492 e. The molecular weight excluding hydrogens is 378 g/mol. The number of hydrogen-bond acceptors (Lipinski definition) is 5. The number of guanidine groups is 1. The van der Waals surface area contributed by atoms with Gasteiger partial charge in [-0.3, -0.25) is 14.3 Å². The molecule has 8 nitrogen and oxygen atoms in total. The summed E-state index contributed by atoms with van der Waals surface area (Å²) >= 11 is 0.